The summed E-state index contributed by atoms with van der Waals surface area (Å²) in [4.78, 5) is 12.1. The van der Waals surface area contributed by atoms with Crippen LogP contribution in [0.15, 0.2) is 60.4 Å². The number of nitrogens with zero attached hydrogens (tertiary/aromatic N) is 2. The Morgan fingerprint density at radius 3 is 2.48 bits per heavy atom. The van der Waals surface area contributed by atoms with E-state index >= 15 is 0 Å². The zero-order chi connectivity index (χ0) is 19.0. The van der Waals surface area contributed by atoms with Crippen LogP contribution in [0.25, 0.3) is 23.0 Å². The Balaban J connectivity index is 1.86. The second-order valence-electron chi connectivity index (χ2n) is 6.48. The number of thiocarbonyl (C=S) groups is 1. The predicted molar refractivity (Wildman–Crippen MR) is 110 cm³/mol. The van der Waals surface area contributed by atoms with E-state index in [-0.39, 0.29) is 5.91 Å². The number of aromatic nitrogens is 2. The molecule has 0 spiro atoms. The van der Waals surface area contributed by atoms with Crippen LogP contribution in [0.3, 0.4) is 0 Å². The van der Waals surface area contributed by atoms with Crippen LogP contribution in [0.2, 0.25) is 0 Å². The first kappa shape index (κ1) is 17.2. The molecule has 0 bridgehead atoms. The van der Waals surface area contributed by atoms with E-state index in [1.54, 1.807) is 6.08 Å². The third-order valence-electron chi connectivity index (χ3n) is 4.56. The molecule has 0 unspecified atom stereocenters. The van der Waals surface area contributed by atoms with Crippen LogP contribution in [0.4, 0.5) is 0 Å². The molecule has 1 fully saturated rings. The number of nitrogens with one attached hydrogen (secondary N) is 2. The SMILES string of the molecule is Cc1ccc(-c2nn(-c3ccccc3)cc2/C=C2\NC(=S)NC2=O)cc1C. The quantitative estimate of drug-likeness (QED) is 0.544. The average Bonchev–Trinajstić information content (AvgIpc) is 3.21. The molecule has 1 aromatic heterocycles. The summed E-state index contributed by atoms with van der Waals surface area (Å²) < 4.78 is 1.82. The number of hydrogen-bond acceptors (Lipinski definition) is 3. The molecular weight excluding hydrogens is 356 g/mol. The highest BCUT2D eigenvalue weighted by atomic mass is 32.1. The van der Waals surface area contributed by atoms with Crippen LogP contribution in [0.5, 0.6) is 0 Å². The maximum absolute atomic E-state index is 12.1. The molecule has 4 rings (SSSR count). The van der Waals surface area contributed by atoms with Gasteiger partial charge in [0.1, 0.15) is 11.4 Å². The molecular formula is C21H18N4OS. The van der Waals surface area contributed by atoms with Crippen LogP contribution in [0.1, 0.15) is 16.7 Å². The largest absolute Gasteiger partial charge is 0.328 e. The van der Waals surface area contributed by atoms with Crippen molar-refractivity contribution in [2.24, 2.45) is 0 Å². The van der Waals surface area contributed by atoms with Gasteiger partial charge < -0.3 is 5.32 Å². The topological polar surface area (TPSA) is 59.0 Å². The van der Waals surface area contributed by atoms with Gasteiger partial charge in [0.15, 0.2) is 5.11 Å². The molecule has 2 aromatic carbocycles. The predicted octanol–water partition coefficient (Wildman–Crippen LogP) is 3.50. The van der Waals surface area contributed by atoms with Gasteiger partial charge in [-0.3, -0.25) is 10.1 Å². The van der Waals surface area contributed by atoms with Crippen molar-refractivity contribution in [3.05, 3.63) is 77.1 Å². The van der Waals surface area contributed by atoms with Crippen molar-refractivity contribution in [3.8, 4) is 16.9 Å². The Morgan fingerprint density at radius 1 is 1.04 bits per heavy atom. The first-order valence-corrected chi connectivity index (χ1v) is 8.99. The summed E-state index contributed by atoms with van der Waals surface area (Å²) >= 11 is 5.02. The van der Waals surface area contributed by atoms with E-state index in [0.29, 0.717) is 10.8 Å². The van der Waals surface area contributed by atoms with E-state index in [9.17, 15) is 4.79 Å². The van der Waals surface area contributed by atoms with Crippen molar-refractivity contribution in [1.29, 1.82) is 0 Å². The fourth-order valence-corrected chi connectivity index (χ4v) is 3.16. The van der Waals surface area contributed by atoms with Crippen LogP contribution < -0.4 is 10.6 Å². The Bertz CT molecular complexity index is 1080. The van der Waals surface area contributed by atoms with E-state index in [4.69, 9.17) is 17.3 Å². The van der Waals surface area contributed by atoms with Gasteiger partial charge in [0, 0.05) is 17.3 Å². The highest BCUT2D eigenvalue weighted by Crippen LogP contribution is 2.27. The van der Waals surface area contributed by atoms with E-state index in [0.717, 1.165) is 22.5 Å². The fourth-order valence-electron chi connectivity index (χ4n) is 2.96. The van der Waals surface area contributed by atoms with Gasteiger partial charge in [0.2, 0.25) is 0 Å². The second kappa shape index (κ2) is 6.81. The smallest absolute Gasteiger partial charge is 0.273 e. The summed E-state index contributed by atoms with van der Waals surface area (Å²) in [6.07, 6.45) is 3.70. The molecule has 0 saturated carbocycles. The minimum absolute atomic E-state index is 0.238. The molecule has 1 amide bonds. The van der Waals surface area contributed by atoms with Gasteiger partial charge in [-0.1, -0.05) is 30.3 Å². The maximum atomic E-state index is 12.1. The zero-order valence-corrected chi connectivity index (χ0v) is 15.8. The lowest BCUT2D eigenvalue weighted by Crippen LogP contribution is -2.21. The Labute approximate surface area is 162 Å². The molecule has 27 heavy (non-hydrogen) atoms. The summed E-state index contributed by atoms with van der Waals surface area (Å²) in [7, 11) is 0. The lowest BCUT2D eigenvalue weighted by molar-refractivity contribution is -0.115. The van der Waals surface area contributed by atoms with Crippen molar-refractivity contribution in [2.45, 2.75) is 13.8 Å². The Hall–Kier alpha value is -3.25. The number of hydrogen-bond donors (Lipinski definition) is 2. The Morgan fingerprint density at radius 2 is 1.81 bits per heavy atom. The molecule has 1 aliphatic rings. The van der Waals surface area contributed by atoms with E-state index < -0.39 is 0 Å². The monoisotopic (exact) mass is 374 g/mol. The number of aryl methyl sites for hydroxylation is 2. The summed E-state index contributed by atoms with van der Waals surface area (Å²) in [5.74, 6) is -0.238. The third-order valence-corrected chi connectivity index (χ3v) is 4.77. The van der Waals surface area contributed by atoms with Gasteiger partial charge in [0.25, 0.3) is 5.91 Å². The van der Waals surface area contributed by atoms with Crippen molar-refractivity contribution in [2.75, 3.05) is 0 Å². The molecule has 1 aliphatic heterocycles. The number of rotatable bonds is 3. The number of amides is 1. The molecule has 5 nitrogen and oxygen atoms in total. The van der Waals surface area contributed by atoms with E-state index in [2.05, 4.69) is 42.7 Å². The molecule has 1 saturated heterocycles. The van der Waals surface area contributed by atoms with E-state index in [1.165, 1.54) is 11.1 Å². The van der Waals surface area contributed by atoms with Crippen LogP contribution in [0, 0.1) is 13.8 Å². The molecule has 134 valence electrons. The number of benzene rings is 2. The normalized spacial score (nSPS) is 15.1. The molecule has 3 aromatic rings. The Kier molecular flexibility index (Phi) is 4.33. The number of para-hydroxylation sites is 1. The van der Waals surface area contributed by atoms with Gasteiger partial charge in [-0.15, -0.1) is 0 Å². The second-order valence-corrected chi connectivity index (χ2v) is 6.89. The fraction of sp³-hybridized carbons (Fsp3) is 0.0952. The number of carbonyl (C=O) groups is 1. The summed E-state index contributed by atoms with van der Waals surface area (Å²) in [5.41, 5.74) is 6.43. The van der Waals surface area contributed by atoms with Crippen molar-refractivity contribution in [3.63, 3.8) is 0 Å². The summed E-state index contributed by atoms with van der Waals surface area (Å²) in [6, 6.07) is 16.1. The minimum atomic E-state index is -0.238. The lowest BCUT2D eigenvalue weighted by Gasteiger charge is -2.04. The lowest BCUT2D eigenvalue weighted by atomic mass is 10.0. The molecule has 0 atom stereocenters. The van der Waals surface area contributed by atoms with Gasteiger partial charge >= 0.3 is 0 Å². The molecule has 0 radical (unpaired) electrons. The highest BCUT2D eigenvalue weighted by Gasteiger charge is 2.21. The van der Waals surface area contributed by atoms with Crippen molar-refractivity contribution in [1.82, 2.24) is 20.4 Å². The molecule has 6 heteroatoms. The third kappa shape index (κ3) is 3.39. The van der Waals surface area contributed by atoms with Gasteiger partial charge in [-0.05, 0) is 61.5 Å². The van der Waals surface area contributed by atoms with Crippen molar-refractivity contribution < 1.29 is 4.79 Å². The van der Waals surface area contributed by atoms with Gasteiger partial charge in [-0.2, -0.15) is 5.10 Å². The highest BCUT2D eigenvalue weighted by molar-refractivity contribution is 7.80. The molecule has 2 N–H and O–H groups in total. The van der Waals surface area contributed by atoms with Crippen molar-refractivity contribution >= 4 is 29.3 Å². The first-order chi connectivity index (χ1) is 13.0. The molecule has 0 aliphatic carbocycles. The minimum Gasteiger partial charge on any atom is -0.328 e. The van der Waals surface area contributed by atoms with Crippen LogP contribution >= 0.6 is 12.2 Å². The zero-order valence-electron chi connectivity index (χ0n) is 15.0. The standard InChI is InChI=1S/C21H18N4OS/c1-13-8-9-15(10-14(13)2)19-16(11-18-20(26)23-21(27)22-18)12-25(24-19)17-6-4-3-5-7-17/h3-12H,1-2H3,(H2,22,23,26,27)/b18-11-. The first-order valence-electron chi connectivity index (χ1n) is 8.58. The van der Waals surface area contributed by atoms with Crippen LogP contribution in [-0.2, 0) is 4.79 Å². The van der Waals surface area contributed by atoms with Gasteiger partial charge in [0.05, 0.1) is 5.69 Å². The average molecular weight is 374 g/mol. The van der Waals surface area contributed by atoms with Crippen LogP contribution in [-0.4, -0.2) is 20.8 Å². The summed E-state index contributed by atoms with van der Waals surface area (Å²) in [5, 5.41) is 10.6. The maximum Gasteiger partial charge on any atom is 0.273 e. The summed E-state index contributed by atoms with van der Waals surface area (Å²) in [6.45, 7) is 4.16. The number of carbonyl (C=O) groups excluding carboxylic acids is 1. The molecule has 2 heterocycles. The van der Waals surface area contributed by atoms with E-state index in [1.807, 2.05) is 41.2 Å². The van der Waals surface area contributed by atoms with Gasteiger partial charge in [-0.25, -0.2) is 4.68 Å².